The molecule has 0 aromatic heterocycles. The fourth-order valence-corrected chi connectivity index (χ4v) is 1.59. The van der Waals surface area contributed by atoms with E-state index in [0.717, 1.165) is 0 Å². The zero-order valence-corrected chi connectivity index (χ0v) is 12.5. The first-order valence-electron chi connectivity index (χ1n) is 6.18. The van der Waals surface area contributed by atoms with Gasteiger partial charge in [0.2, 0.25) is 5.91 Å². The SMILES string of the molecule is COc1ccc(C(=O)/C=C/N(C)C)cc1N(C)C(C)=O. The molecule has 1 aromatic carbocycles. The molecule has 0 bridgehead atoms. The second-order valence-electron chi connectivity index (χ2n) is 4.61. The predicted octanol–water partition coefficient (Wildman–Crippen LogP) is 1.94. The Morgan fingerprint density at radius 2 is 1.85 bits per heavy atom. The number of hydrogen-bond donors (Lipinski definition) is 0. The Morgan fingerprint density at radius 1 is 1.20 bits per heavy atom. The maximum absolute atomic E-state index is 12.0. The van der Waals surface area contributed by atoms with Gasteiger partial charge in [-0.1, -0.05) is 0 Å². The van der Waals surface area contributed by atoms with Crippen LogP contribution in [-0.2, 0) is 4.79 Å². The molecule has 1 rings (SSSR count). The number of rotatable bonds is 5. The molecule has 1 aromatic rings. The van der Waals surface area contributed by atoms with E-state index in [1.54, 1.807) is 36.3 Å². The molecule has 0 heterocycles. The molecule has 0 spiro atoms. The van der Waals surface area contributed by atoms with Gasteiger partial charge in [-0.15, -0.1) is 0 Å². The summed E-state index contributed by atoms with van der Waals surface area (Å²) in [6, 6.07) is 5.02. The average Bonchev–Trinajstić information content (AvgIpc) is 2.42. The zero-order chi connectivity index (χ0) is 15.3. The smallest absolute Gasteiger partial charge is 0.223 e. The van der Waals surface area contributed by atoms with E-state index in [4.69, 9.17) is 4.74 Å². The van der Waals surface area contributed by atoms with Crippen LogP contribution in [0, 0.1) is 0 Å². The van der Waals surface area contributed by atoms with E-state index in [9.17, 15) is 9.59 Å². The van der Waals surface area contributed by atoms with Crippen LogP contribution < -0.4 is 9.64 Å². The van der Waals surface area contributed by atoms with Crippen LogP contribution >= 0.6 is 0 Å². The topological polar surface area (TPSA) is 49.9 Å². The number of allylic oxidation sites excluding steroid dienone is 1. The molecule has 0 fully saturated rings. The number of ether oxygens (including phenoxy) is 1. The third-order valence-electron chi connectivity index (χ3n) is 2.82. The van der Waals surface area contributed by atoms with Gasteiger partial charge in [-0.3, -0.25) is 9.59 Å². The number of hydrogen-bond acceptors (Lipinski definition) is 4. The predicted molar refractivity (Wildman–Crippen MR) is 79.2 cm³/mol. The summed E-state index contributed by atoms with van der Waals surface area (Å²) in [7, 11) is 6.85. The quantitative estimate of drug-likeness (QED) is 0.609. The van der Waals surface area contributed by atoms with Gasteiger partial charge in [0.1, 0.15) is 5.75 Å². The summed E-state index contributed by atoms with van der Waals surface area (Å²) in [6.07, 6.45) is 3.17. The summed E-state index contributed by atoms with van der Waals surface area (Å²) in [5.41, 5.74) is 1.08. The van der Waals surface area contributed by atoms with Crippen molar-refractivity contribution in [1.82, 2.24) is 4.90 Å². The van der Waals surface area contributed by atoms with E-state index in [2.05, 4.69) is 0 Å². The Morgan fingerprint density at radius 3 is 2.35 bits per heavy atom. The Kier molecular flexibility index (Phi) is 5.32. The molecule has 5 heteroatoms. The molecule has 0 atom stereocenters. The third-order valence-corrected chi connectivity index (χ3v) is 2.82. The Balaban J connectivity index is 3.16. The molecule has 5 nitrogen and oxygen atoms in total. The highest BCUT2D eigenvalue weighted by Gasteiger charge is 2.14. The molecule has 1 amide bonds. The van der Waals surface area contributed by atoms with Crippen molar-refractivity contribution in [2.45, 2.75) is 6.92 Å². The maximum Gasteiger partial charge on any atom is 0.223 e. The van der Waals surface area contributed by atoms with E-state index >= 15 is 0 Å². The highest BCUT2D eigenvalue weighted by Crippen LogP contribution is 2.29. The van der Waals surface area contributed by atoms with Crippen molar-refractivity contribution in [3.8, 4) is 5.75 Å². The van der Waals surface area contributed by atoms with Gasteiger partial charge >= 0.3 is 0 Å². The van der Waals surface area contributed by atoms with Crippen LogP contribution in [-0.4, -0.2) is 44.8 Å². The van der Waals surface area contributed by atoms with Crippen molar-refractivity contribution in [3.05, 3.63) is 36.0 Å². The molecule has 108 valence electrons. The molecule has 20 heavy (non-hydrogen) atoms. The third kappa shape index (κ3) is 3.85. The molecule has 0 N–H and O–H groups in total. The standard InChI is InChI=1S/C15H20N2O3/c1-11(18)17(4)13-10-12(6-7-15(13)20-5)14(19)8-9-16(2)3/h6-10H,1-5H3/b9-8+. The maximum atomic E-state index is 12.0. The molecule has 0 aliphatic rings. The van der Waals surface area contributed by atoms with Crippen LogP contribution in [0.25, 0.3) is 0 Å². The van der Waals surface area contributed by atoms with Gasteiger partial charge in [-0.05, 0) is 18.2 Å². The number of anilines is 1. The zero-order valence-electron chi connectivity index (χ0n) is 12.5. The van der Waals surface area contributed by atoms with Gasteiger partial charge in [0, 0.05) is 45.9 Å². The summed E-state index contributed by atoms with van der Waals surface area (Å²) in [5.74, 6) is 0.298. The molecule has 0 radical (unpaired) electrons. The fraction of sp³-hybridized carbons (Fsp3) is 0.333. The van der Waals surface area contributed by atoms with Crippen LogP contribution in [0.4, 0.5) is 5.69 Å². The molecule has 0 aliphatic heterocycles. The minimum Gasteiger partial charge on any atom is -0.495 e. The van der Waals surface area contributed by atoms with Crippen molar-refractivity contribution in [2.24, 2.45) is 0 Å². The van der Waals surface area contributed by atoms with Crippen molar-refractivity contribution in [1.29, 1.82) is 0 Å². The largest absolute Gasteiger partial charge is 0.495 e. The van der Waals surface area contributed by atoms with Crippen LogP contribution in [0.15, 0.2) is 30.5 Å². The second kappa shape index (κ2) is 6.75. The lowest BCUT2D eigenvalue weighted by Crippen LogP contribution is -2.23. The number of amides is 1. The highest BCUT2D eigenvalue weighted by atomic mass is 16.5. The van der Waals surface area contributed by atoms with Gasteiger partial charge in [0.15, 0.2) is 5.78 Å². The van der Waals surface area contributed by atoms with Gasteiger partial charge in [0.25, 0.3) is 0 Å². The normalized spacial score (nSPS) is 10.4. The Labute approximate surface area is 119 Å². The molecule has 0 saturated heterocycles. The second-order valence-corrected chi connectivity index (χ2v) is 4.61. The van der Waals surface area contributed by atoms with E-state index in [1.165, 1.54) is 25.0 Å². The first kappa shape index (κ1) is 15.8. The number of nitrogens with zero attached hydrogens (tertiary/aromatic N) is 2. The molecule has 0 saturated carbocycles. The van der Waals surface area contributed by atoms with Crippen molar-refractivity contribution in [2.75, 3.05) is 33.2 Å². The molecule has 0 aliphatic carbocycles. The van der Waals surface area contributed by atoms with Crippen molar-refractivity contribution >= 4 is 17.4 Å². The summed E-state index contributed by atoms with van der Waals surface area (Å²) in [6.45, 7) is 1.46. The molecular weight excluding hydrogens is 256 g/mol. The Hall–Kier alpha value is -2.30. The van der Waals surface area contributed by atoms with Crippen molar-refractivity contribution < 1.29 is 14.3 Å². The molecular formula is C15H20N2O3. The van der Waals surface area contributed by atoms with E-state index in [-0.39, 0.29) is 11.7 Å². The number of methoxy groups -OCH3 is 1. The lowest BCUT2D eigenvalue weighted by atomic mass is 10.1. The molecule has 0 unspecified atom stereocenters. The minimum atomic E-state index is -0.128. The van der Waals surface area contributed by atoms with E-state index in [0.29, 0.717) is 17.0 Å². The monoisotopic (exact) mass is 276 g/mol. The number of ketones is 1. The lowest BCUT2D eigenvalue weighted by Gasteiger charge is -2.18. The fourth-order valence-electron chi connectivity index (χ4n) is 1.59. The summed E-state index contributed by atoms with van der Waals surface area (Å²) in [4.78, 5) is 26.7. The van der Waals surface area contributed by atoms with Crippen LogP contribution in [0.3, 0.4) is 0 Å². The lowest BCUT2D eigenvalue weighted by molar-refractivity contribution is -0.116. The van der Waals surface area contributed by atoms with Crippen LogP contribution in [0.2, 0.25) is 0 Å². The summed E-state index contributed by atoms with van der Waals surface area (Å²) < 4.78 is 5.22. The average molecular weight is 276 g/mol. The van der Waals surface area contributed by atoms with Gasteiger partial charge in [0.05, 0.1) is 12.8 Å². The first-order valence-corrected chi connectivity index (χ1v) is 6.18. The van der Waals surface area contributed by atoms with Gasteiger partial charge in [-0.25, -0.2) is 0 Å². The Bertz CT molecular complexity index is 536. The minimum absolute atomic E-state index is 0.125. The van der Waals surface area contributed by atoms with Gasteiger partial charge < -0.3 is 14.5 Å². The highest BCUT2D eigenvalue weighted by molar-refractivity contribution is 6.06. The van der Waals surface area contributed by atoms with Gasteiger partial charge in [-0.2, -0.15) is 0 Å². The van der Waals surface area contributed by atoms with Crippen LogP contribution in [0.1, 0.15) is 17.3 Å². The summed E-state index contributed by atoms with van der Waals surface area (Å²) in [5, 5.41) is 0. The van der Waals surface area contributed by atoms with E-state index in [1.807, 2.05) is 14.1 Å². The number of benzene rings is 1. The summed E-state index contributed by atoms with van der Waals surface area (Å²) >= 11 is 0. The number of carbonyl (C=O) groups excluding carboxylic acids is 2. The van der Waals surface area contributed by atoms with E-state index < -0.39 is 0 Å². The first-order chi connectivity index (χ1) is 9.36. The van der Waals surface area contributed by atoms with Crippen molar-refractivity contribution in [3.63, 3.8) is 0 Å². The van der Waals surface area contributed by atoms with Crippen LogP contribution in [0.5, 0.6) is 5.75 Å². The number of carbonyl (C=O) groups is 2.